The van der Waals surface area contributed by atoms with E-state index in [9.17, 15) is 0 Å². The van der Waals surface area contributed by atoms with Crippen LogP contribution in [-0.4, -0.2) is 0 Å². The molecule has 0 saturated heterocycles. The zero-order valence-electron chi connectivity index (χ0n) is 12.6. The van der Waals surface area contributed by atoms with Crippen molar-refractivity contribution in [2.75, 3.05) is 0 Å². The molecule has 2 aromatic carbocycles. The maximum Gasteiger partial charge on any atom is -0.00325 e. The van der Waals surface area contributed by atoms with Gasteiger partial charge in [-0.1, -0.05) is 78.4 Å². The van der Waals surface area contributed by atoms with Crippen molar-refractivity contribution in [2.45, 2.75) is 13.8 Å². The predicted octanol–water partition coefficient (Wildman–Crippen LogP) is 5.09. The maximum atomic E-state index is 5.41. The first-order chi connectivity index (χ1) is 10.2. The second-order valence-electron chi connectivity index (χ2n) is 5.12. The van der Waals surface area contributed by atoms with Gasteiger partial charge in [0.05, 0.1) is 0 Å². The topological polar surface area (TPSA) is 26.0 Å². The third-order valence-electron chi connectivity index (χ3n) is 3.32. The van der Waals surface area contributed by atoms with Gasteiger partial charge < -0.3 is 5.73 Å². The molecule has 0 atom stereocenters. The van der Waals surface area contributed by atoms with Crippen LogP contribution in [0.1, 0.15) is 18.1 Å². The molecule has 1 heteroatoms. The van der Waals surface area contributed by atoms with Crippen LogP contribution >= 0.6 is 0 Å². The van der Waals surface area contributed by atoms with Gasteiger partial charge in [0.2, 0.25) is 0 Å². The Hall–Kier alpha value is -2.54. The molecule has 1 nitrogen and oxygen atoms in total. The number of aryl methyl sites for hydroxylation is 1. The molecule has 0 amide bonds. The lowest BCUT2D eigenvalue weighted by Crippen LogP contribution is -1.80. The molecule has 0 aliphatic heterocycles. The highest BCUT2D eigenvalue weighted by Crippen LogP contribution is 2.20. The van der Waals surface area contributed by atoms with E-state index >= 15 is 0 Å². The van der Waals surface area contributed by atoms with E-state index in [1.54, 1.807) is 6.20 Å². The summed E-state index contributed by atoms with van der Waals surface area (Å²) in [5, 5.41) is 0. The van der Waals surface area contributed by atoms with Gasteiger partial charge in [0.15, 0.2) is 0 Å². The van der Waals surface area contributed by atoms with Crippen molar-refractivity contribution in [3.63, 3.8) is 0 Å². The Balaban J connectivity index is 2.07. The second kappa shape index (κ2) is 7.30. The minimum absolute atomic E-state index is 1.05. The molecule has 0 spiro atoms. The molecule has 106 valence electrons. The van der Waals surface area contributed by atoms with Gasteiger partial charge in [-0.25, -0.2) is 0 Å². The fourth-order valence-electron chi connectivity index (χ4n) is 1.96. The van der Waals surface area contributed by atoms with Gasteiger partial charge in [-0.15, -0.1) is 0 Å². The SMILES string of the molecule is CC(/C=C\C=C/c1ccc(-c2ccc(C)cc2)cc1)=C/N. The van der Waals surface area contributed by atoms with Crippen molar-refractivity contribution < 1.29 is 0 Å². The highest BCUT2D eigenvalue weighted by atomic mass is 14.5. The first-order valence-corrected chi connectivity index (χ1v) is 7.09. The van der Waals surface area contributed by atoms with Crippen LogP contribution in [0.2, 0.25) is 0 Å². The van der Waals surface area contributed by atoms with Gasteiger partial charge in [-0.05, 0) is 42.3 Å². The zero-order valence-corrected chi connectivity index (χ0v) is 12.6. The normalized spacial score (nSPS) is 12.4. The van der Waals surface area contributed by atoms with Crippen LogP contribution < -0.4 is 5.73 Å². The monoisotopic (exact) mass is 275 g/mol. The van der Waals surface area contributed by atoms with Gasteiger partial charge in [-0.2, -0.15) is 0 Å². The van der Waals surface area contributed by atoms with Crippen LogP contribution in [-0.2, 0) is 0 Å². The average Bonchev–Trinajstić information content (AvgIpc) is 2.52. The Morgan fingerprint density at radius 2 is 1.43 bits per heavy atom. The fourth-order valence-corrected chi connectivity index (χ4v) is 1.96. The average molecular weight is 275 g/mol. The van der Waals surface area contributed by atoms with Gasteiger partial charge >= 0.3 is 0 Å². The number of hydrogen-bond donors (Lipinski definition) is 1. The molecule has 0 unspecified atom stereocenters. The van der Waals surface area contributed by atoms with Gasteiger partial charge in [0.25, 0.3) is 0 Å². The van der Waals surface area contributed by atoms with Crippen LogP contribution in [0, 0.1) is 6.92 Å². The summed E-state index contributed by atoms with van der Waals surface area (Å²) in [5.41, 5.74) is 11.4. The zero-order chi connectivity index (χ0) is 15.1. The Morgan fingerprint density at radius 1 is 0.857 bits per heavy atom. The van der Waals surface area contributed by atoms with Crippen LogP contribution in [0.4, 0.5) is 0 Å². The highest BCUT2D eigenvalue weighted by molar-refractivity contribution is 5.66. The summed E-state index contributed by atoms with van der Waals surface area (Å²) >= 11 is 0. The molecule has 21 heavy (non-hydrogen) atoms. The Kier molecular flexibility index (Phi) is 5.16. The Morgan fingerprint density at radius 3 is 2.00 bits per heavy atom. The summed E-state index contributed by atoms with van der Waals surface area (Å²) in [6.07, 6.45) is 9.68. The van der Waals surface area contributed by atoms with Gasteiger partial charge in [0.1, 0.15) is 0 Å². The van der Waals surface area contributed by atoms with Crippen molar-refractivity contribution in [3.05, 3.63) is 89.7 Å². The molecular weight excluding hydrogens is 254 g/mol. The van der Waals surface area contributed by atoms with Crippen molar-refractivity contribution in [1.82, 2.24) is 0 Å². The van der Waals surface area contributed by atoms with Crippen LogP contribution in [0.3, 0.4) is 0 Å². The molecule has 0 heterocycles. The molecule has 2 rings (SSSR count). The largest absolute Gasteiger partial charge is 0.404 e. The third kappa shape index (κ3) is 4.50. The van der Waals surface area contributed by atoms with E-state index in [0.29, 0.717) is 0 Å². The lowest BCUT2D eigenvalue weighted by Gasteiger charge is -2.02. The predicted molar refractivity (Wildman–Crippen MR) is 92.7 cm³/mol. The summed E-state index contributed by atoms with van der Waals surface area (Å²) in [6.45, 7) is 4.08. The smallest absolute Gasteiger partial charge is 0.00325 e. The summed E-state index contributed by atoms with van der Waals surface area (Å²) in [7, 11) is 0. The number of benzene rings is 2. The molecule has 2 N–H and O–H groups in total. The minimum atomic E-state index is 1.05. The quantitative estimate of drug-likeness (QED) is 0.772. The first kappa shape index (κ1) is 14.9. The molecule has 0 aliphatic carbocycles. The fraction of sp³-hybridized carbons (Fsp3) is 0.100. The van der Waals surface area contributed by atoms with Crippen molar-refractivity contribution in [1.29, 1.82) is 0 Å². The number of allylic oxidation sites excluding steroid dienone is 4. The summed E-state index contributed by atoms with van der Waals surface area (Å²) < 4.78 is 0. The highest BCUT2D eigenvalue weighted by Gasteiger charge is 1.96. The van der Waals surface area contributed by atoms with Crippen LogP contribution in [0.25, 0.3) is 17.2 Å². The molecule has 0 bridgehead atoms. The van der Waals surface area contributed by atoms with Crippen molar-refractivity contribution in [3.8, 4) is 11.1 Å². The van der Waals surface area contributed by atoms with Crippen LogP contribution in [0.5, 0.6) is 0 Å². The standard InChI is InChI=1S/C20H21N/c1-16-7-11-19(12-8-16)20-13-9-18(10-14-20)6-4-3-5-17(2)15-21/h3-15H,21H2,1-2H3/b5-3-,6-4-,17-15-. The van der Waals surface area contributed by atoms with Gasteiger partial charge in [0, 0.05) is 0 Å². The van der Waals surface area contributed by atoms with Crippen molar-refractivity contribution in [2.24, 2.45) is 5.73 Å². The summed E-state index contributed by atoms with van der Waals surface area (Å²) in [5.74, 6) is 0. The molecule has 0 aromatic heterocycles. The molecule has 0 saturated carbocycles. The molecular formula is C20H21N. The first-order valence-electron chi connectivity index (χ1n) is 7.09. The van der Waals surface area contributed by atoms with E-state index in [4.69, 9.17) is 5.73 Å². The van der Waals surface area contributed by atoms with E-state index in [1.165, 1.54) is 22.3 Å². The van der Waals surface area contributed by atoms with E-state index in [0.717, 1.165) is 5.57 Å². The van der Waals surface area contributed by atoms with E-state index in [1.807, 2.05) is 25.2 Å². The third-order valence-corrected chi connectivity index (χ3v) is 3.32. The number of nitrogens with two attached hydrogens (primary N) is 1. The summed E-state index contributed by atoms with van der Waals surface area (Å²) in [4.78, 5) is 0. The summed E-state index contributed by atoms with van der Waals surface area (Å²) in [6, 6.07) is 17.2. The van der Waals surface area contributed by atoms with Gasteiger partial charge in [-0.3, -0.25) is 0 Å². The van der Waals surface area contributed by atoms with E-state index in [-0.39, 0.29) is 0 Å². The molecule has 0 fully saturated rings. The number of rotatable bonds is 4. The van der Waals surface area contributed by atoms with E-state index < -0.39 is 0 Å². The minimum Gasteiger partial charge on any atom is -0.404 e. The molecule has 0 radical (unpaired) electrons. The lowest BCUT2D eigenvalue weighted by molar-refractivity contribution is 1.43. The molecule has 2 aromatic rings. The maximum absolute atomic E-state index is 5.41. The van der Waals surface area contributed by atoms with Crippen molar-refractivity contribution >= 4 is 6.08 Å². The van der Waals surface area contributed by atoms with Crippen LogP contribution in [0.15, 0.2) is 78.5 Å². The molecule has 0 aliphatic rings. The Bertz CT molecular complexity index is 656. The van der Waals surface area contributed by atoms with E-state index in [2.05, 4.69) is 61.5 Å². The lowest BCUT2D eigenvalue weighted by atomic mass is 10.0. The number of hydrogen-bond acceptors (Lipinski definition) is 1. The second-order valence-corrected chi connectivity index (χ2v) is 5.12. The Labute approximate surface area is 127 Å².